The summed E-state index contributed by atoms with van der Waals surface area (Å²) >= 11 is 0. The lowest BCUT2D eigenvalue weighted by molar-refractivity contribution is -0.131. The van der Waals surface area contributed by atoms with Gasteiger partial charge in [-0.25, -0.2) is 0 Å². The van der Waals surface area contributed by atoms with Crippen LogP contribution in [0, 0.1) is 5.92 Å². The molecule has 0 aliphatic carbocycles. The van der Waals surface area contributed by atoms with Gasteiger partial charge in [-0.05, 0) is 65.5 Å². The van der Waals surface area contributed by atoms with Gasteiger partial charge in [0.2, 0.25) is 5.91 Å². The molecule has 2 aliphatic rings. The fourth-order valence-corrected chi connectivity index (χ4v) is 3.34. The van der Waals surface area contributed by atoms with Crippen LogP contribution in [0.1, 0.15) is 25.7 Å². The Bertz CT molecular complexity index is 322. The second kappa shape index (κ2) is 8.11. The zero-order valence-corrected chi connectivity index (χ0v) is 14.0. The first-order valence-corrected chi connectivity index (χ1v) is 8.39. The SMILES string of the molecule is CN1CCC(N(C)CCN(C)C(=O)CC2CCNC2)CC1. The molecule has 122 valence electrons. The summed E-state index contributed by atoms with van der Waals surface area (Å²) in [4.78, 5) is 19.0. The van der Waals surface area contributed by atoms with E-state index >= 15 is 0 Å². The average Bonchev–Trinajstić information content (AvgIpc) is 2.98. The second-order valence-corrected chi connectivity index (χ2v) is 6.89. The van der Waals surface area contributed by atoms with Crippen LogP contribution in [-0.2, 0) is 4.79 Å². The topological polar surface area (TPSA) is 38.8 Å². The van der Waals surface area contributed by atoms with E-state index in [2.05, 4.69) is 29.2 Å². The second-order valence-electron chi connectivity index (χ2n) is 6.89. The molecule has 0 aromatic heterocycles. The Morgan fingerprint density at radius 1 is 1.19 bits per heavy atom. The van der Waals surface area contributed by atoms with Gasteiger partial charge in [0, 0.05) is 32.6 Å². The smallest absolute Gasteiger partial charge is 0.222 e. The molecular weight excluding hydrogens is 264 g/mol. The van der Waals surface area contributed by atoms with E-state index in [0.29, 0.717) is 24.3 Å². The maximum Gasteiger partial charge on any atom is 0.222 e. The molecule has 0 spiro atoms. The van der Waals surface area contributed by atoms with Crippen LogP contribution in [0.25, 0.3) is 0 Å². The van der Waals surface area contributed by atoms with Crippen molar-refractivity contribution in [3.05, 3.63) is 0 Å². The van der Waals surface area contributed by atoms with E-state index in [1.165, 1.54) is 25.9 Å². The molecule has 0 bridgehead atoms. The molecule has 1 unspecified atom stereocenters. The van der Waals surface area contributed by atoms with Crippen LogP contribution in [0.15, 0.2) is 0 Å². The average molecular weight is 296 g/mol. The monoisotopic (exact) mass is 296 g/mol. The third kappa shape index (κ3) is 5.24. The Morgan fingerprint density at radius 3 is 2.52 bits per heavy atom. The van der Waals surface area contributed by atoms with Crippen LogP contribution in [0.3, 0.4) is 0 Å². The number of hydrogen-bond donors (Lipinski definition) is 1. The fraction of sp³-hybridized carbons (Fsp3) is 0.938. The number of likely N-dealkylation sites (tertiary alicyclic amines) is 1. The Balaban J connectivity index is 1.65. The van der Waals surface area contributed by atoms with Gasteiger partial charge in [0.05, 0.1) is 0 Å². The standard InChI is InChI=1S/C16H32N4O/c1-18-8-5-15(6-9-18)19(2)10-11-20(3)16(21)12-14-4-7-17-13-14/h14-15,17H,4-13H2,1-3H3. The van der Waals surface area contributed by atoms with Gasteiger partial charge in [-0.3, -0.25) is 4.79 Å². The lowest BCUT2D eigenvalue weighted by Gasteiger charge is -2.35. The number of amides is 1. The van der Waals surface area contributed by atoms with Gasteiger partial charge in [-0.15, -0.1) is 0 Å². The molecule has 1 N–H and O–H groups in total. The van der Waals surface area contributed by atoms with Crippen molar-refractivity contribution in [2.45, 2.75) is 31.7 Å². The van der Waals surface area contributed by atoms with Gasteiger partial charge in [0.1, 0.15) is 0 Å². The predicted octanol–water partition coefficient (Wildman–Crippen LogP) is 0.470. The van der Waals surface area contributed by atoms with Crippen LogP contribution in [-0.4, -0.2) is 87.1 Å². The van der Waals surface area contributed by atoms with E-state index in [1.807, 2.05) is 11.9 Å². The van der Waals surface area contributed by atoms with Crippen molar-refractivity contribution in [1.82, 2.24) is 20.0 Å². The number of hydrogen-bond acceptors (Lipinski definition) is 4. The minimum absolute atomic E-state index is 0.306. The Labute approximate surface area is 129 Å². The van der Waals surface area contributed by atoms with Gasteiger partial charge in [-0.1, -0.05) is 0 Å². The summed E-state index contributed by atoms with van der Waals surface area (Å²) in [6.45, 7) is 6.30. The molecule has 2 heterocycles. The number of rotatable bonds is 6. The number of nitrogens with one attached hydrogen (secondary N) is 1. The molecule has 0 saturated carbocycles. The van der Waals surface area contributed by atoms with E-state index in [0.717, 1.165) is 32.6 Å². The van der Waals surface area contributed by atoms with Crippen molar-refractivity contribution < 1.29 is 4.79 Å². The first-order valence-electron chi connectivity index (χ1n) is 8.39. The van der Waals surface area contributed by atoms with Crippen LogP contribution in [0.4, 0.5) is 0 Å². The Morgan fingerprint density at radius 2 is 1.90 bits per heavy atom. The van der Waals surface area contributed by atoms with Gasteiger partial charge in [-0.2, -0.15) is 0 Å². The summed E-state index contributed by atoms with van der Waals surface area (Å²) < 4.78 is 0. The zero-order valence-electron chi connectivity index (χ0n) is 14.0. The molecule has 5 nitrogen and oxygen atoms in total. The summed E-state index contributed by atoms with van der Waals surface area (Å²) in [5, 5.41) is 3.33. The normalized spacial score (nSPS) is 24.7. The highest BCUT2D eigenvalue weighted by molar-refractivity contribution is 5.76. The summed E-state index contributed by atoms with van der Waals surface area (Å²) in [6.07, 6.45) is 4.35. The van der Waals surface area contributed by atoms with Crippen molar-refractivity contribution in [3.8, 4) is 0 Å². The van der Waals surface area contributed by atoms with E-state index < -0.39 is 0 Å². The molecule has 1 amide bonds. The van der Waals surface area contributed by atoms with Crippen molar-refractivity contribution in [1.29, 1.82) is 0 Å². The number of nitrogens with zero attached hydrogens (tertiary/aromatic N) is 3. The van der Waals surface area contributed by atoms with Crippen molar-refractivity contribution in [2.24, 2.45) is 5.92 Å². The summed E-state index contributed by atoms with van der Waals surface area (Å²) in [5.41, 5.74) is 0. The Kier molecular flexibility index (Phi) is 6.45. The van der Waals surface area contributed by atoms with Crippen molar-refractivity contribution in [3.63, 3.8) is 0 Å². The molecular formula is C16H32N4O. The van der Waals surface area contributed by atoms with E-state index in [9.17, 15) is 4.79 Å². The number of carbonyl (C=O) groups excluding carboxylic acids is 1. The quantitative estimate of drug-likeness (QED) is 0.773. The van der Waals surface area contributed by atoms with Gasteiger partial charge < -0.3 is 20.0 Å². The molecule has 1 atom stereocenters. The maximum atomic E-state index is 12.2. The first kappa shape index (κ1) is 16.7. The minimum Gasteiger partial charge on any atom is -0.344 e. The largest absolute Gasteiger partial charge is 0.344 e. The molecule has 2 fully saturated rings. The molecule has 0 aromatic rings. The van der Waals surface area contributed by atoms with Gasteiger partial charge >= 0.3 is 0 Å². The lowest BCUT2D eigenvalue weighted by Crippen LogP contribution is -2.44. The molecule has 2 rings (SSSR count). The van der Waals surface area contributed by atoms with E-state index in [1.54, 1.807) is 0 Å². The summed E-state index contributed by atoms with van der Waals surface area (Å²) in [7, 11) is 6.35. The van der Waals surface area contributed by atoms with E-state index in [-0.39, 0.29) is 0 Å². The predicted molar refractivity (Wildman–Crippen MR) is 86.4 cm³/mol. The zero-order chi connectivity index (χ0) is 15.2. The lowest BCUT2D eigenvalue weighted by atomic mass is 10.0. The van der Waals surface area contributed by atoms with Crippen LogP contribution in [0.2, 0.25) is 0 Å². The highest BCUT2D eigenvalue weighted by atomic mass is 16.2. The van der Waals surface area contributed by atoms with Crippen LogP contribution < -0.4 is 5.32 Å². The fourth-order valence-electron chi connectivity index (χ4n) is 3.34. The first-order chi connectivity index (χ1) is 10.1. The summed E-state index contributed by atoms with van der Waals surface area (Å²) in [5.74, 6) is 0.854. The molecule has 0 aromatic carbocycles. The molecule has 5 heteroatoms. The van der Waals surface area contributed by atoms with Crippen molar-refractivity contribution in [2.75, 3.05) is 60.4 Å². The highest BCUT2D eigenvalue weighted by Gasteiger charge is 2.22. The van der Waals surface area contributed by atoms with Gasteiger partial charge in [0.25, 0.3) is 0 Å². The minimum atomic E-state index is 0.306. The number of piperidine rings is 1. The van der Waals surface area contributed by atoms with Gasteiger partial charge in [0.15, 0.2) is 0 Å². The highest BCUT2D eigenvalue weighted by Crippen LogP contribution is 2.15. The molecule has 21 heavy (non-hydrogen) atoms. The van der Waals surface area contributed by atoms with Crippen molar-refractivity contribution >= 4 is 5.91 Å². The van der Waals surface area contributed by atoms with Crippen LogP contribution in [0.5, 0.6) is 0 Å². The van der Waals surface area contributed by atoms with Crippen LogP contribution >= 0.6 is 0 Å². The number of carbonyl (C=O) groups is 1. The van der Waals surface area contributed by atoms with E-state index in [4.69, 9.17) is 0 Å². The summed E-state index contributed by atoms with van der Waals surface area (Å²) in [6, 6.07) is 0.684. The molecule has 0 radical (unpaired) electrons. The maximum absolute atomic E-state index is 12.2. The third-order valence-corrected chi connectivity index (χ3v) is 5.15. The third-order valence-electron chi connectivity index (χ3n) is 5.15. The Hall–Kier alpha value is -0.650. The molecule has 2 aliphatic heterocycles. The molecule has 2 saturated heterocycles. The number of likely N-dealkylation sites (N-methyl/N-ethyl adjacent to an activating group) is 2.